The highest BCUT2D eigenvalue weighted by Crippen LogP contribution is 2.37. The van der Waals surface area contributed by atoms with Gasteiger partial charge in [0.2, 0.25) is 5.88 Å². The maximum Gasteiger partial charge on any atom is 0.222 e. The monoisotopic (exact) mass is 275 g/mol. The Balaban J connectivity index is 2.44. The molecule has 0 aliphatic carbocycles. The molecule has 0 fully saturated rings. The quantitative estimate of drug-likeness (QED) is 0.737. The first-order chi connectivity index (χ1) is 9.00. The van der Waals surface area contributed by atoms with Gasteiger partial charge >= 0.3 is 0 Å². The predicted molar refractivity (Wildman–Crippen MR) is 77.3 cm³/mol. The van der Waals surface area contributed by atoms with Gasteiger partial charge in [0.25, 0.3) is 0 Å². The molecular weight excluding hydrogens is 262 g/mol. The summed E-state index contributed by atoms with van der Waals surface area (Å²) in [5.74, 6) is 0.317. The molecule has 2 heterocycles. The van der Waals surface area contributed by atoms with Crippen LogP contribution >= 0.6 is 11.6 Å². The number of aromatic nitrogens is 2. The summed E-state index contributed by atoms with van der Waals surface area (Å²) in [6, 6.07) is 5.66. The Bertz CT molecular complexity index is 786. The maximum absolute atomic E-state index is 6.20. The van der Waals surface area contributed by atoms with Crippen molar-refractivity contribution in [3.63, 3.8) is 0 Å². The lowest BCUT2D eigenvalue weighted by molar-refractivity contribution is 0.439. The Hall–Kier alpha value is -1.94. The molecule has 0 radical (unpaired) electrons. The third-order valence-electron chi connectivity index (χ3n) is 3.62. The Morgan fingerprint density at radius 2 is 2.05 bits per heavy atom. The zero-order chi connectivity index (χ0) is 13.7. The van der Waals surface area contributed by atoms with Gasteiger partial charge < -0.3 is 14.8 Å². The summed E-state index contributed by atoms with van der Waals surface area (Å²) >= 11 is 6.20. The van der Waals surface area contributed by atoms with Crippen LogP contribution in [0.5, 0.6) is 0 Å². The molecule has 0 aliphatic heterocycles. The lowest BCUT2D eigenvalue weighted by Gasteiger charge is -2.03. The maximum atomic E-state index is 6.20. The summed E-state index contributed by atoms with van der Waals surface area (Å²) in [5, 5.41) is 5.89. The van der Waals surface area contributed by atoms with Gasteiger partial charge in [-0.2, -0.15) is 0 Å². The Morgan fingerprint density at radius 1 is 1.32 bits per heavy atom. The molecule has 2 N–H and O–H groups in total. The van der Waals surface area contributed by atoms with Crippen molar-refractivity contribution in [1.82, 2.24) is 9.72 Å². The van der Waals surface area contributed by atoms with Crippen molar-refractivity contribution in [1.29, 1.82) is 0 Å². The van der Waals surface area contributed by atoms with Crippen molar-refractivity contribution < 1.29 is 4.52 Å². The first-order valence-corrected chi connectivity index (χ1v) is 6.35. The molecule has 98 valence electrons. The standard InChI is InChI=1S/C14H14ClN3O/c1-7-10(15)5-4-9-13(8(2)18(3)14(7)9)11-6-12(16)19-17-11/h4-6H,16H2,1-3H3. The van der Waals surface area contributed by atoms with Crippen LogP contribution in [0.15, 0.2) is 22.7 Å². The number of nitrogens with zero attached hydrogens (tertiary/aromatic N) is 2. The van der Waals surface area contributed by atoms with E-state index in [1.165, 1.54) is 0 Å². The molecule has 0 aliphatic rings. The van der Waals surface area contributed by atoms with Crippen LogP contribution in [0.3, 0.4) is 0 Å². The summed E-state index contributed by atoms with van der Waals surface area (Å²) in [5.41, 5.74) is 10.7. The SMILES string of the molecule is Cc1c(Cl)ccc2c(-c3cc(N)on3)c(C)n(C)c12. The third-order valence-corrected chi connectivity index (χ3v) is 4.03. The van der Waals surface area contributed by atoms with Gasteiger partial charge in [-0.25, -0.2) is 0 Å². The summed E-state index contributed by atoms with van der Waals surface area (Å²) in [7, 11) is 2.02. The van der Waals surface area contributed by atoms with Crippen LogP contribution < -0.4 is 5.73 Å². The van der Waals surface area contributed by atoms with Crippen molar-refractivity contribution >= 4 is 28.4 Å². The molecule has 3 aromatic rings. The Labute approximate surface area is 115 Å². The fourth-order valence-corrected chi connectivity index (χ4v) is 2.72. The number of hydrogen-bond donors (Lipinski definition) is 1. The van der Waals surface area contributed by atoms with E-state index >= 15 is 0 Å². The molecule has 1 aromatic carbocycles. The van der Waals surface area contributed by atoms with Crippen molar-refractivity contribution in [2.75, 3.05) is 5.73 Å². The van der Waals surface area contributed by atoms with E-state index in [1.807, 2.05) is 33.0 Å². The smallest absolute Gasteiger partial charge is 0.222 e. The second-order valence-electron chi connectivity index (χ2n) is 4.70. The molecule has 19 heavy (non-hydrogen) atoms. The highest BCUT2D eigenvalue weighted by atomic mass is 35.5. The Morgan fingerprint density at radius 3 is 2.68 bits per heavy atom. The summed E-state index contributed by atoms with van der Waals surface area (Å²) in [6.45, 7) is 4.07. The highest BCUT2D eigenvalue weighted by Gasteiger charge is 2.18. The van der Waals surface area contributed by atoms with Crippen LogP contribution in [0.25, 0.3) is 22.2 Å². The summed E-state index contributed by atoms with van der Waals surface area (Å²) < 4.78 is 7.10. The van der Waals surface area contributed by atoms with E-state index in [1.54, 1.807) is 6.07 Å². The molecule has 4 nitrogen and oxygen atoms in total. The molecule has 0 amide bonds. The molecule has 0 unspecified atom stereocenters. The molecule has 0 saturated heterocycles. The van der Waals surface area contributed by atoms with E-state index in [2.05, 4.69) is 9.72 Å². The van der Waals surface area contributed by atoms with Gasteiger partial charge in [0, 0.05) is 34.8 Å². The molecular formula is C14H14ClN3O. The minimum absolute atomic E-state index is 0.317. The number of fused-ring (bicyclic) bond motifs is 1. The van der Waals surface area contributed by atoms with Gasteiger partial charge in [-0.3, -0.25) is 0 Å². The van der Waals surface area contributed by atoms with E-state index in [0.29, 0.717) is 5.88 Å². The lowest BCUT2D eigenvalue weighted by Crippen LogP contribution is -1.92. The number of nitrogen functional groups attached to an aromatic ring is 1. The van der Waals surface area contributed by atoms with E-state index in [0.717, 1.165) is 38.4 Å². The molecule has 5 heteroatoms. The molecule has 0 spiro atoms. The van der Waals surface area contributed by atoms with Gasteiger partial charge in [0.05, 0.1) is 5.52 Å². The number of anilines is 1. The molecule has 0 atom stereocenters. The first-order valence-electron chi connectivity index (χ1n) is 5.97. The van der Waals surface area contributed by atoms with E-state index < -0.39 is 0 Å². The number of halogens is 1. The topological polar surface area (TPSA) is 57.0 Å². The van der Waals surface area contributed by atoms with Crippen LogP contribution in [-0.2, 0) is 7.05 Å². The van der Waals surface area contributed by atoms with Crippen LogP contribution in [-0.4, -0.2) is 9.72 Å². The van der Waals surface area contributed by atoms with Gasteiger partial charge in [-0.1, -0.05) is 22.8 Å². The number of rotatable bonds is 1. The highest BCUT2D eigenvalue weighted by molar-refractivity contribution is 6.32. The fraction of sp³-hybridized carbons (Fsp3) is 0.214. The molecule has 3 rings (SSSR count). The van der Waals surface area contributed by atoms with Crippen molar-refractivity contribution in [2.24, 2.45) is 7.05 Å². The molecule has 2 aromatic heterocycles. The van der Waals surface area contributed by atoms with Crippen LogP contribution in [0, 0.1) is 13.8 Å². The van der Waals surface area contributed by atoms with E-state index in [9.17, 15) is 0 Å². The number of nitrogens with two attached hydrogens (primary N) is 1. The van der Waals surface area contributed by atoms with Crippen LogP contribution in [0.1, 0.15) is 11.3 Å². The van der Waals surface area contributed by atoms with Crippen LogP contribution in [0.2, 0.25) is 5.02 Å². The second-order valence-corrected chi connectivity index (χ2v) is 5.11. The molecule has 0 bridgehead atoms. The average Bonchev–Trinajstić information content (AvgIpc) is 2.89. The minimum Gasteiger partial charge on any atom is -0.368 e. The van der Waals surface area contributed by atoms with Crippen molar-refractivity contribution in [2.45, 2.75) is 13.8 Å². The largest absolute Gasteiger partial charge is 0.368 e. The van der Waals surface area contributed by atoms with Gasteiger partial charge in [-0.15, -0.1) is 0 Å². The number of benzene rings is 1. The second kappa shape index (κ2) is 4.03. The fourth-order valence-electron chi connectivity index (χ4n) is 2.57. The lowest BCUT2D eigenvalue weighted by atomic mass is 10.1. The third kappa shape index (κ3) is 1.64. The first kappa shape index (κ1) is 12.1. The average molecular weight is 276 g/mol. The number of aryl methyl sites for hydroxylation is 2. The zero-order valence-electron chi connectivity index (χ0n) is 11.0. The predicted octanol–water partition coefficient (Wildman–Crippen LogP) is 3.69. The van der Waals surface area contributed by atoms with Gasteiger partial charge in [-0.05, 0) is 25.5 Å². The van der Waals surface area contributed by atoms with Gasteiger partial charge in [0.1, 0.15) is 5.69 Å². The summed E-state index contributed by atoms with van der Waals surface area (Å²) in [6.07, 6.45) is 0. The van der Waals surface area contributed by atoms with E-state index in [4.69, 9.17) is 21.9 Å². The molecule has 0 saturated carbocycles. The Kier molecular flexibility index (Phi) is 2.57. The minimum atomic E-state index is 0.317. The van der Waals surface area contributed by atoms with Crippen molar-refractivity contribution in [3.8, 4) is 11.3 Å². The van der Waals surface area contributed by atoms with E-state index in [-0.39, 0.29) is 0 Å². The van der Waals surface area contributed by atoms with Crippen LogP contribution in [0.4, 0.5) is 5.88 Å². The van der Waals surface area contributed by atoms with Crippen molar-refractivity contribution in [3.05, 3.63) is 34.5 Å². The van der Waals surface area contributed by atoms with Gasteiger partial charge in [0.15, 0.2) is 0 Å². The summed E-state index contributed by atoms with van der Waals surface area (Å²) in [4.78, 5) is 0. The normalized spacial score (nSPS) is 11.4. The zero-order valence-corrected chi connectivity index (χ0v) is 11.7. The number of hydrogen-bond acceptors (Lipinski definition) is 3.